The van der Waals surface area contributed by atoms with Gasteiger partial charge in [0.2, 0.25) is 5.91 Å². The van der Waals surface area contributed by atoms with Crippen molar-refractivity contribution in [1.29, 1.82) is 0 Å². The Labute approximate surface area is 189 Å². The van der Waals surface area contributed by atoms with Gasteiger partial charge in [-0.1, -0.05) is 0 Å². The predicted octanol–water partition coefficient (Wildman–Crippen LogP) is 2.45. The van der Waals surface area contributed by atoms with Crippen LogP contribution in [0.4, 0.5) is 5.82 Å². The minimum atomic E-state index is 0.000338. The van der Waals surface area contributed by atoms with Crippen LogP contribution in [-0.4, -0.2) is 56.4 Å². The molecule has 0 radical (unpaired) electrons. The Morgan fingerprint density at radius 3 is 2.69 bits per heavy atom. The molecular formula is C24H32N4O4. The quantitative estimate of drug-likeness (QED) is 0.738. The molecule has 1 N–H and O–H groups in total. The molecule has 2 aromatic rings. The van der Waals surface area contributed by atoms with Crippen LogP contribution >= 0.6 is 0 Å². The molecule has 0 spiro atoms. The molecule has 1 aromatic carbocycles. The van der Waals surface area contributed by atoms with Gasteiger partial charge in [0.15, 0.2) is 0 Å². The van der Waals surface area contributed by atoms with E-state index in [9.17, 15) is 4.79 Å². The maximum absolute atomic E-state index is 12.8. The number of hydrogen-bond acceptors (Lipinski definition) is 7. The largest absolute Gasteiger partial charge is 0.497 e. The normalized spacial score (nSPS) is 16.8. The third kappa shape index (κ3) is 4.96. The Morgan fingerprint density at radius 2 is 1.94 bits per heavy atom. The lowest BCUT2D eigenvalue weighted by molar-refractivity contribution is -0.125. The molecule has 2 aliphatic rings. The van der Waals surface area contributed by atoms with Gasteiger partial charge in [-0.05, 0) is 31.9 Å². The van der Waals surface area contributed by atoms with Crippen LogP contribution in [-0.2, 0) is 28.9 Å². The number of nitrogens with zero attached hydrogens (tertiary/aromatic N) is 3. The van der Waals surface area contributed by atoms with Gasteiger partial charge < -0.3 is 24.4 Å². The van der Waals surface area contributed by atoms with Gasteiger partial charge in [0, 0.05) is 55.6 Å². The van der Waals surface area contributed by atoms with Crippen molar-refractivity contribution in [2.24, 2.45) is 5.92 Å². The van der Waals surface area contributed by atoms with Gasteiger partial charge in [0.25, 0.3) is 0 Å². The van der Waals surface area contributed by atoms with E-state index in [1.54, 1.807) is 14.2 Å². The Hall–Kier alpha value is -2.87. The van der Waals surface area contributed by atoms with Crippen LogP contribution in [0.3, 0.4) is 0 Å². The Morgan fingerprint density at radius 1 is 1.16 bits per heavy atom. The molecule has 0 aliphatic carbocycles. The lowest BCUT2D eigenvalue weighted by Gasteiger charge is -2.33. The van der Waals surface area contributed by atoms with E-state index in [0.29, 0.717) is 25.5 Å². The molecule has 1 aromatic heterocycles. The van der Waals surface area contributed by atoms with Gasteiger partial charge in [-0.25, -0.2) is 9.97 Å². The molecule has 8 nitrogen and oxygen atoms in total. The second-order valence-corrected chi connectivity index (χ2v) is 8.29. The van der Waals surface area contributed by atoms with E-state index in [0.717, 1.165) is 67.4 Å². The van der Waals surface area contributed by atoms with Crippen molar-refractivity contribution in [2.75, 3.05) is 45.4 Å². The molecule has 1 fully saturated rings. The molecule has 0 atom stereocenters. The van der Waals surface area contributed by atoms with Crippen molar-refractivity contribution in [2.45, 2.75) is 39.2 Å². The van der Waals surface area contributed by atoms with Gasteiger partial charge in [0.05, 0.1) is 33.1 Å². The van der Waals surface area contributed by atoms with Gasteiger partial charge in [0.1, 0.15) is 23.1 Å². The van der Waals surface area contributed by atoms with Crippen LogP contribution in [0.2, 0.25) is 0 Å². The summed E-state index contributed by atoms with van der Waals surface area (Å²) in [5.74, 6) is 3.36. The van der Waals surface area contributed by atoms with Crippen LogP contribution in [0.5, 0.6) is 11.5 Å². The Bertz CT molecular complexity index is 957. The Balaban J connectivity index is 1.36. The highest BCUT2D eigenvalue weighted by atomic mass is 16.5. The highest BCUT2D eigenvalue weighted by Gasteiger charge is 2.28. The highest BCUT2D eigenvalue weighted by molar-refractivity contribution is 5.79. The summed E-state index contributed by atoms with van der Waals surface area (Å²) in [5, 5.41) is 3.08. The molecule has 0 unspecified atom stereocenters. The van der Waals surface area contributed by atoms with Gasteiger partial charge in [-0.15, -0.1) is 0 Å². The smallest absolute Gasteiger partial charge is 0.223 e. The fourth-order valence-corrected chi connectivity index (χ4v) is 4.49. The number of ether oxygens (including phenoxy) is 3. The number of aryl methyl sites for hydroxylation is 1. The van der Waals surface area contributed by atoms with E-state index in [1.807, 2.05) is 25.1 Å². The van der Waals surface area contributed by atoms with Crippen LogP contribution in [0, 0.1) is 12.8 Å². The second kappa shape index (κ2) is 10.2. The van der Waals surface area contributed by atoms with E-state index < -0.39 is 0 Å². The molecule has 2 aliphatic heterocycles. The minimum absolute atomic E-state index is 0.000338. The number of carbonyl (C=O) groups excluding carboxylic acids is 1. The fraction of sp³-hybridized carbons (Fsp3) is 0.542. The van der Waals surface area contributed by atoms with E-state index in [2.05, 4.69) is 15.2 Å². The third-order valence-corrected chi connectivity index (χ3v) is 6.27. The molecule has 0 bridgehead atoms. The van der Waals surface area contributed by atoms with Gasteiger partial charge >= 0.3 is 0 Å². The third-order valence-electron chi connectivity index (χ3n) is 6.27. The van der Waals surface area contributed by atoms with Crippen molar-refractivity contribution < 1.29 is 19.0 Å². The highest BCUT2D eigenvalue weighted by Crippen LogP contribution is 2.29. The monoisotopic (exact) mass is 440 g/mol. The number of nitrogens with one attached hydrogen (secondary N) is 1. The maximum Gasteiger partial charge on any atom is 0.223 e. The minimum Gasteiger partial charge on any atom is -0.497 e. The van der Waals surface area contributed by atoms with Gasteiger partial charge in [-0.2, -0.15) is 0 Å². The fourth-order valence-electron chi connectivity index (χ4n) is 4.49. The van der Waals surface area contributed by atoms with E-state index in [1.165, 1.54) is 5.56 Å². The molecule has 172 valence electrons. The first-order valence-corrected chi connectivity index (χ1v) is 11.3. The number of aromatic nitrogens is 2. The SMILES string of the molecule is COc1ccc(CNC(=O)C2CCN(c3nc(C)nc4c3CCOCC4)CC2)c(OC)c1. The number of hydrogen-bond donors (Lipinski definition) is 1. The van der Waals surface area contributed by atoms with Crippen LogP contribution in [0.15, 0.2) is 18.2 Å². The molecule has 32 heavy (non-hydrogen) atoms. The molecule has 1 saturated heterocycles. The van der Waals surface area contributed by atoms with Crippen molar-refractivity contribution >= 4 is 11.7 Å². The summed E-state index contributed by atoms with van der Waals surface area (Å²) in [5.41, 5.74) is 3.25. The lowest BCUT2D eigenvalue weighted by atomic mass is 9.95. The van der Waals surface area contributed by atoms with Crippen LogP contribution in [0.25, 0.3) is 0 Å². The second-order valence-electron chi connectivity index (χ2n) is 8.29. The average molecular weight is 441 g/mol. The summed E-state index contributed by atoms with van der Waals surface area (Å²) >= 11 is 0. The van der Waals surface area contributed by atoms with Crippen molar-refractivity contribution in [1.82, 2.24) is 15.3 Å². The summed E-state index contributed by atoms with van der Waals surface area (Å²) in [6.07, 6.45) is 3.29. The molecular weight excluding hydrogens is 408 g/mol. The number of rotatable bonds is 6. The van der Waals surface area contributed by atoms with Crippen molar-refractivity contribution in [3.63, 3.8) is 0 Å². The summed E-state index contributed by atoms with van der Waals surface area (Å²) in [7, 11) is 3.24. The average Bonchev–Trinajstić information content (AvgIpc) is 3.07. The zero-order valence-corrected chi connectivity index (χ0v) is 19.1. The first kappa shape index (κ1) is 22.3. The molecule has 1 amide bonds. The number of fused-ring (bicyclic) bond motifs is 1. The zero-order valence-electron chi connectivity index (χ0n) is 19.1. The lowest BCUT2D eigenvalue weighted by Crippen LogP contribution is -2.41. The first-order chi connectivity index (χ1) is 15.6. The van der Waals surface area contributed by atoms with E-state index in [-0.39, 0.29) is 11.8 Å². The number of methoxy groups -OCH3 is 2. The maximum atomic E-state index is 12.8. The first-order valence-electron chi connectivity index (χ1n) is 11.3. The molecule has 4 rings (SSSR count). The number of piperidine rings is 1. The Kier molecular flexibility index (Phi) is 7.09. The summed E-state index contributed by atoms with van der Waals surface area (Å²) in [6, 6.07) is 5.63. The molecule has 3 heterocycles. The molecule has 8 heteroatoms. The van der Waals surface area contributed by atoms with Crippen LogP contribution < -0.4 is 19.7 Å². The van der Waals surface area contributed by atoms with Crippen molar-refractivity contribution in [3.8, 4) is 11.5 Å². The standard InChI is InChI=1S/C24H32N4O4/c1-16-26-21-9-13-32-12-8-20(21)23(27-16)28-10-6-17(7-11-28)24(29)25-15-18-4-5-19(30-2)14-22(18)31-3/h4-5,14,17H,6-13,15H2,1-3H3,(H,25,29). The van der Waals surface area contributed by atoms with E-state index >= 15 is 0 Å². The zero-order chi connectivity index (χ0) is 22.5. The summed E-state index contributed by atoms with van der Waals surface area (Å²) in [6.45, 7) is 5.43. The topological polar surface area (TPSA) is 85.8 Å². The number of anilines is 1. The number of carbonyl (C=O) groups is 1. The summed E-state index contributed by atoms with van der Waals surface area (Å²) < 4.78 is 16.3. The summed E-state index contributed by atoms with van der Waals surface area (Å²) in [4.78, 5) is 24.6. The van der Waals surface area contributed by atoms with Crippen LogP contribution in [0.1, 0.15) is 35.5 Å². The predicted molar refractivity (Wildman–Crippen MR) is 121 cm³/mol. The van der Waals surface area contributed by atoms with E-state index in [4.69, 9.17) is 19.2 Å². The number of benzene rings is 1. The van der Waals surface area contributed by atoms with Crippen molar-refractivity contribution in [3.05, 3.63) is 40.8 Å². The molecule has 0 saturated carbocycles. The number of amides is 1. The van der Waals surface area contributed by atoms with Gasteiger partial charge in [-0.3, -0.25) is 4.79 Å².